The number of nitrogens with one attached hydrogen (secondary N) is 2. The van der Waals surface area contributed by atoms with Gasteiger partial charge >= 0.3 is 5.56 Å². The monoisotopic (exact) mass is 504 g/mol. The number of piperazine rings is 1. The third kappa shape index (κ3) is 5.05. The second kappa shape index (κ2) is 9.50. The van der Waals surface area contributed by atoms with Crippen LogP contribution in [0.2, 0.25) is 0 Å². The normalized spacial score (nSPS) is 14.2. The molecule has 3 heterocycles. The minimum Gasteiger partial charge on any atom is -0.501 e. The zero-order chi connectivity index (χ0) is 25.3. The molecular formula is C22H25FN6O5S. The van der Waals surface area contributed by atoms with Crippen LogP contribution >= 0.6 is 0 Å². The number of benzene rings is 1. The highest BCUT2D eigenvalue weighted by molar-refractivity contribution is 7.92. The molecule has 1 amide bonds. The van der Waals surface area contributed by atoms with Crippen molar-refractivity contribution in [2.75, 3.05) is 48.7 Å². The number of hydrogen-bond acceptors (Lipinski definition) is 8. The Morgan fingerprint density at radius 1 is 1.26 bits per heavy atom. The number of hydrogen-bond donors (Lipinski definition) is 3. The van der Waals surface area contributed by atoms with Gasteiger partial charge in [-0.15, -0.1) is 0 Å². The number of halogens is 1. The molecule has 0 unspecified atom stereocenters. The van der Waals surface area contributed by atoms with Gasteiger partial charge in [0, 0.05) is 46.0 Å². The number of pyridine rings is 1. The quantitative estimate of drug-likeness (QED) is 0.435. The summed E-state index contributed by atoms with van der Waals surface area (Å²) in [5.41, 5.74) is -0.326. The molecule has 0 radical (unpaired) electrons. The van der Waals surface area contributed by atoms with Crippen LogP contribution in [0.3, 0.4) is 0 Å². The van der Waals surface area contributed by atoms with E-state index < -0.39 is 38.8 Å². The lowest BCUT2D eigenvalue weighted by Crippen LogP contribution is -2.43. The lowest BCUT2D eigenvalue weighted by atomic mass is 10.2. The van der Waals surface area contributed by atoms with Crippen LogP contribution in [0.5, 0.6) is 5.75 Å². The van der Waals surface area contributed by atoms with Crippen molar-refractivity contribution >= 4 is 33.0 Å². The number of aromatic nitrogens is 2. The average Bonchev–Trinajstić information content (AvgIpc) is 2.84. The fourth-order valence-corrected chi connectivity index (χ4v) is 4.22. The van der Waals surface area contributed by atoms with Crippen LogP contribution in [0.1, 0.15) is 16.1 Å². The summed E-state index contributed by atoms with van der Waals surface area (Å²) in [6, 6.07) is 7.03. The van der Waals surface area contributed by atoms with E-state index >= 15 is 0 Å². The van der Waals surface area contributed by atoms with E-state index in [4.69, 9.17) is 0 Å². The van der Waals surface area contributed by atoms with Gasteiger partial charge in [-0.3, -0.25) is 18.3 Å². The molecule has 1 aliphatic heterocycles. The molecule has 0 aliphatic carbocycles. The molecule has 11 nitrogen and oxygen atoms in total. The van der Waals surface area contributed by atoms with Crippen LogP contribution in [0, 0.1) is 5.82 Å². The summed E-state index contributed by atoms with van der Waals surface area (Å²) in [5, 5.41) is 16.3. The molecule has 3 N–H and O–H groups in total. The third-order valence-electron chi connectivity index (χ3n) is 5.77. The van der Waals surface area contributed by atoms with Crippen molar-refractivity contribution in [2.45, 2.75) is 6.54 Å². The average molecular weight is 505 g/mol. The maximum Gasteiger partial charge on any atom is 0.301 e. The number of carbonyl (C=O) groups excluding carboxylic acids is 1. The molecule has 1 aromatic carbocycles. The minimum atomic E-state index is -3.75. The molecule has 2 aromatic heterocycles. The standard InChI is InChI=1S/C22H25FN6O5S/c1-27(35(2,33)34)17-11-16(28-9-7-24-8-10-28)13-29-20(17)26-18(19(30)22(29)32)21(31)25-12-14-3-5-15(23)6-4-14/h3-6,11,13,24,30H,7-10,12H2,1-2H3,(H,25,31). The Hall–Kier alpha value is -3.71. The SMILES string of the molecule is CN(c1cc(N2CCNCC2)cn2c(=O)c(O)c(C(=O)NCc3ccc(F)cc3)nc12)S(C)(=O)=O. The van der Waals surface area contributed by atoms with Crippen LogP contribution in [0.15, 0.2) is 41.3 Å². The lowest BCUT2D eigenvalue weighted by Gasteiger charge is -2.30. The lowest BCUT2D eigenvalue weighted by molar-refractivity contribution is 0.0942. The van der Waals surface area contributed by atoms with E-state index in [0.29, 0.717) is 37.4 Å². The Morgan fingerprint density at radius 2 is 1.91 bits per heavy atom. The number of nitrogens with zero attached hydrogens (tertiary/aromatic N) is 4. The van der Waals surface area contributed by atoms with Crippen molar-refractivity contribution in [1.29, 1.82) is 0 Å². The molecular weight excluding hydrogens is 479 g/mol. The number of carbonyl (C=O) groups is 1. The van der Waals surface area contributed by atoms with Gasteiger partial charge in [-0.05, 0) is 23.8 Å². The van der Waals surface area contributed by atoms with E-state index in [-0.39, 0.29) is 17.9 Å². The maximum atomic E-state index is 13.1. The number of sulfonamides is 1. The summed E-state index contributed by atoms with van der Waals surface area (Å²) in [5.74, 6) is -2.14. The van der Waals surface area contributed by atoms with Gasteiger partial charge in [-0.2, -0.15) is 0 Å². The minimum absolute atomic E-state index is 0.00234. The molecule has 1 saturated heterocycles. The van der Waals surface area contributed by atoms with Gasteiger partial charge < -0.3 is 20.6 Å². The first-order valence-corrected chi connectivity index (χ1v) is 12.6. The van der Waals surface area contributed by atoms with Crippen molar-refractivity contribution in [3.05, 3.63) is 64.0 Å². The number of fused-ring (bicyclic) bond motifs is 1. The zero-order valence-corrected chi connectivity index (χ0v) is 20.0. The summed E-state index contributed by atoms with van der Waals surface area (Å²) in [4.78, 5) is 32.0. The van der Waals surface area contributed by atoms with E-state index in [0.717, 1.165) is 15.0 Å². The second-order valence-electron chi connectivity index (χ2n) is 8.17. The molecule has 3 aromatic rings. The highest BCUT2D eigenvalue weighted by atomic mass is 32.2. The highest BCUT2D eigenvalue weighted by Gasteiger charge is 2.25. The highest BCUT2D eigenvalue weighted by Crippen LogP contribution is 2.28. The summed E-state index contributed by atoms with van der Waals surface area (Å²) >= 11 is 0. The zero-order valence-electron chi connectivity index (χ0n) is 19.2. The number of amides is 1. The van der Waals surface area contributed by atoms with Gasteiger partial charge in [0.05, 0.1) is 17.6 Å². The number of rotatable bonds is 6. The van der Waals surface area contributed by atoms with Crippen molar-refractivity contribution < 1.29 is 22.7 Å². The maximum absolute atomic E-state index is 13.1. The fraction of sp³-hybridized carbons (Fsp3) is 0.318. The van der Waals surface area contributed by atoms with Crippen molar-refractivity contribution in [3.8, 4) is 5.75 Å². The Morgan fingerprint density at radius 3 is 2.54 bits per heavy atom. The van der Waals surface area contributed by atoms with Gasteiger partial charge in [0.1, 0.15) is 5.82 Å². The smallest absolute Gasteiger partial charge is 0.301 e. The third-order valence-corrected chi connectivity index (χ3v) is 6.96. The number of aromatic hydroxyl groups is 1. The van der Waals surface area contributed by atoms with Gasteiger partial charge in [0.25, 0.3) is 5.91 Å². The molecule has 0 saturated carbocycles. The van der Waals surface area contributed by atoms with Crippen LogP contribution < -0.4 is 25.4 Å². The summed E-state index contributed by atoms with van der Waals surface area (Å²) < 4.78 is 39.8. The molecule has 0 spiro atoms. The number of anilines is 2. The van der Waals surface area contributed by atoms with E-state index in [2.05, 4.69) is 15.6 Å². The van der Waals surface area contributed by atoms with Crippen molar-refractivity contribution in [1.82, 2.24) is 20.0 Å². The molecule has 186 valence electrons. The Labute approximate surface area is 200 Å². The van der Waals surface area contributed by atoms with Gasteiger partial charge in [-0.25, -0.2) is 17.8 Å². The topological polar surface area (TPSA) is 136 Å². The Kier molecular flexibility index (Phi) is 6.63. The van der Waals surface area contributed by atoms with Crippen molar-refractivity contribution in [3.63, 3.8) is 0 Å². The Balaban J connectivity index is 1.80. The van der Waals surface area contributed by atoms with Gasteiger partial charge in [-0.1, -0.05) is 12.1 Å². The van der Waals surface area contributed by atoms with E-state index in [1.54, 1.807) is 6.07 Å². The Bertz CT molecular complexity index is 1440. The first-order chi connectivity index (χ1) is 16.6. The van der Waals surface area contributed by atoms with E-state index in [9.17, 15) is 27.5 Å². The fourth-order valence-electron chi connectivity index (χ4n) is 3.73. The second-order valence-corrected chi connectivity index (χ2v) is 10.2. The molecule has 13 heteroatoms. The summed E-state index contributed by atoms with van der Waals surface area (Å²) in [6.45, 7) is 2.68. The largest absolute Gasteiger partial charge is 0.501 e. The van der Waals surface area contributed by atoms with Crippen LogP contribution in [0.25, 0.3) is 5.65 Å². The van der Waals surface area contributed by atoms with Gasteiger partial charge in [0.2, 0.25) is 15.8 Å². The summed E-state index contributed by atoms with van der Waals surface area (Å²) in [6.07, 6.45) is 2.48. The first-order valence-electron chi connectivity index (χ1n) is 10.8. The van der Waals surface area contributed by atoms with Crippen LogP contribution in [-0.2, 0) is 16.6 Å². The van der Waals surface area contributed by atoms with E-state index in [1.807, 2.05) is 4.90 Å². The molecule has 0 bridgehead atoms. The molecule has 0 atom stereocenters. The molecule has 1 fully saturated rings. The van der Waals surface area contributed by atoms with Crippen LogP contribution in [-0.4, -0.2) is 68.3 Å². The first kappa shape index (κ1) is 24.4. The molecule has 4 rings (SSSR count). The molecule has 1 aliphatic rings. The van der Waals surface area contributed by atoms with E-state index in [1.165, 1.54) is 37.5 Å². The van der Waals surface area contributed by atoms with Crippen molar-refractivity contribution in [2.24, 2.45) is 0 Å². The predicted molar refractivity (Wildman–Crippen MR) is 129 cm³/mol. The molecule has 35 heavy (non-hydrogen) atoms. The van der Waals surface area contributed by atoms with Gasteiger partial charge in [0.15, 0.2) is 11.3 Å². The summed E-state index contributed by atoms with van der Waals surface area (Å²) in [7, 11) is -2.43. The predicted octanol–water partition coefficient (Wildman–Crippen LogP) is 0.275. The van der Waals surface area contributed by atoms with Crippen LogP contribution in [0.4, 0.5) is 15.8 Å².